The molecule has 0 aliphatic heterocycles. The Morgan fingerprint density at radius 3 is 3.14 bits per heavy atom. The first kappa shape index (κ1) is 16.4. The van der Waals surface area contributed by atoms with Crippen LogP contribution in [0.25, 0.3) is 0 Å². The van der Waals surface area contributed by atoms with Crippen molar-refractivity contribution in [3.8, 4) is 0 Å². The standard InChI is InChI=1S/C17H28N2O2/c1-3-15(13-18-9-5-11-20-4-2)21-17-7-6-14-12-19-10-8-16(14)17/h8,10,12,15,17-18H,3-7,9,11,13H2,1-2H3. The highest BCUT2D eigenvalue weighted by Gasteiger charge is 2.25. The van der Waals surface area contributed by atoms with E-state index in [0.29, 0.717) is 0 Å². The molecule has 1 aromatic heterocycles. The number of aryl methyl sites for hydroxylation is 1. The highest BCUT2D eigenvalue weighted by molar-refractivity contribution is 5.30. The maximum Gasteiger partial charge on any atom is 0.0836 e. The number of nitrogens with zero attached hydrogens (tertiary/aromatic N) is 1. The lowest BCUT2D eigenvalue weighted by molar-refractivity contribution is -0.0135. The van der Waals surface area contributed by atoms with E-state index < -0.39 is 0 Å². The molecular weight excluding hydrogens is 264 g/mol. The molecule has 21 heavy (non-hydrogen) atoms. The summed E-state index contributed by atoms with van der Waals surface area (Å²) < 4.78 is 11.6. The van der Waals surface area contributed by atoms with Gasteiger partial charge in [0.15, 0.2) is 0 Å². The molecule has 4 heteroatoms. The first-order chi connectivity index (χ1) is 10.3. The largest absolute Gasteiger partial charge is 0.382 e. The molecule has 2 atom stereocenters. The molecule has 0 aromatic carbocycles. The quantitative estimate of drug-likeness (QED) is 0.673. The van der Waals surface area contributed by atoms with Gasteiger partial charge in [0.25, 0.3) is 0 Å². The van der Waals surface area contributed by atoms with E-state index in [4.69, 9.17) is 9.47 Å². The summed E-state index contributed by atoms with van der Waals surface area (Å²) in [4.78, 5) is 4.20. The maximum absolute atomic E-state index is 6.29. The molecule has 1 N–H and O–H groups in total. The summed E-state index contributed by atoms with van der Waals surface area (Å²) in [6.45, 7) is 7.77. The Morgan fingerprint density at radius 1 is 1.43 bits per heavy atom. The second-order valence-corrected chi connectivity index (χ2v) is 5.52. The fourth-order valence-corrected chi connectivity index (χ4v) is 2.77. The number of nitrogens with one attached hydrogen (secondary N) is 1. The lowest BCUT2D eigenvalue weighted by atomic mass is 10.1. The van der Waals surface area contributed by atoms with Crippen molar-refractivity contribution in [1.82, 2.24) is 10.3 Å². The molecule has 2 rings (SSSR count). The van der Waals surface area contributed by atoms with E-state index in [9.17, 15) is 0 Å². The van der Waals surface area contributed by atoms with Gasteiger partial charge in [0.2, 0.25) is 0 Å². The van der Waals surface area contributed by atoms with Crippen LogP contribution >= 0.6 is 0 Å². The Kier molecular flexibility index (Phi) is 7.13. The zero-order valence-electron chi connectivity index (χ0n) is 13.3. The summed E-state index contributed by atoms with van der Waals surface area (Å²) in [7, 11) is 0. The van der Waals surface area contributed by atoms with Crippen LogP contribution in [0, 0.1) is 0 Å². The number of pyridine rings is 1. The average Bonchev–Trinajstić information content (AvgIpc) is 2.92. The monoisotopic (exact) mass is 292 g/mol. The fraction of sp³-hybridized carbons (Fsp3) is 0.706. The molecule has 0 fully saturated rings. The highest BCUT2D eigenvalue weighted by Crippen LogP contribution is 2.34. The number of fused-ring (bicyclic) bond motifs is 1. The first-order valence-electron chi connectivity index (χ1n) is 8.21. The van der Waals surface area contributed by atoms with Crippen molar-refractivity contribution in [2.45, 2.75) is 51.7 Å². The van der Waals surface area contributed by atoms with Gasteiger partial charge in [-0.2, -0.15) is 0 Å². The van der Waals surface area contributed by atoms with Crippen LogP contribution < -0.4 is 5.32 Å². The third-order valence-electron chi connectivity index (χ3n) is 3.99. The van der Waals surface area contributed by atoms with E-state index in [1.807, 2.05) is 19.3 Å². The van der Waals surface area contributed by atoms with Crippen LogP contribution in [0.15, 0.2) is 18.5 Å². The van der Waals surface area contributed by atoms with Gasteiger partial charge in [-0.1, -0.05) is 6.92 Å². The zero-order chi connectivity index (χ0) is 14.9. The Labute approximate surface area is 128 Å². The summed E-state index contributed by atoms with van der Waals surface area (Å²) in [6.07, 6.45) is 8.64. The molecule has 0 radical (unpaired) electrons. The Balaban J connectivity index is 1.71. The number of hydrogen-bond acceptors (Lipinski definition) is 4. The molecular formula is C17H28N2O2. The smallest absolute Gasteiger partial charge is 0.0836 e. The van der Waals surface area contributed by atoms with Crippen LogP contribution in [0.3, 0.4) is 0 Å². The molecule has 0 saturated carbocycles. The summed E-state index contributed by atoms with van der Waals surface area (Å²) in [6, 6.07) is 2.11. The van der Waals surface area contributed by atoms with Crippen molar-refractivity contribution in [3.63, 3.8) is 0 Å². The molecule has 0 spiro atoms. The molecule has 0 saturated heterocycles. The van der Waals surface area contributed by atoms with Gasteiger partial charge >= 0.3 is 0 Å². The molecule has 4 nitrogen and oxygen atoms in total. The number of aromatic nitrogens is 1. The zero-order valence-corrected chi connectivity index (χ0v) is 13.3. The third kappa shape index (κ3) is 5.06. The van der Waals surface area contributed by atoms with Crippen LogP contribution in [-0.4, -0.2) is 37.4 Å². The second kappa shape index (κ2) is 9.13. The number of rotatable bonds is 10. The molecule has 0 amide bonds. The molecule has 1 aliphatic rings. The van der Waals surface area contributed by atoms with E-state index in [1.165, 1.54) is 11.1 Å². The Bertz CT molecular complexity index is 412. The van der Waals surface area contributed by atoms with Gasteiger partial charge in [-0.05, 0) is 56.3 Å². The molecule has 2 unspecified atom stereocenters. The van der Waals surface area contributed by atoms with E-state index in [1.54, 1.807) is 0 Å². The number of hydrogen-bond donors (Lipinski definition) is 1. The minimum atomic E-state index is 0.248. The molecule has 1 aliphatic carbocycles. The topological polar surface area (TPSA) is 43.4 Å². The average molecular weight is 292 g/mol. The van der Waals surface area contributed by atoms with E-state index >= 15 is 0 Å². The maximum atomic E-state index is 6.29. The van der Waals surface area contributed by atoms with Crippen LogP contribution in [-0.2, 0) is 15.9 Å². The molecule has 118 valence electrons. The summed E-state index contributed by atoms with van der Waals surface area (Å²) >= 11 is 0. The van der Waals surface area contributed by atoms with E-state index in [-0.39, 0.29) is 12.2 Å². The molecule has 1 heterocycles. The second-order valence-electron chi connectivity index (χ2n) is 5.52. The molecule has 1 aromatic rings. The van der Waals surface area contributed by atoms with Crippen molar-refractivity contribution >= 4 is 0 Å². The SMILES string of the molecule is CCOCCCNCC(CC)OC1CCc2cnccc21. The van der Waals surface area contributed by atoms with Gasteiger partial charge in [0, 0.05) is 32.2 Å². The van der Waals surface area contributed by atoms with Crippen LogP contribution in [0.2, 0.25) is 0 Å². The minimum Gasteiger partial charge on any atom is -0.382 e. The predicted octanol–water partition coefficient (Wildman–Crippen LogP) is 2.88. The molecule has 0 bridgehead atoms. The van der Waals surface area contributed by atoms with Gasteiger partial charge in [-0.3, -0.25) is 4.98 Å². The van der Waals surface area contributed by atoms with E-state index in [2.05, 4.69) is 23.3 Å². The summed E-state index contributed by atoms with van der Waals surface area (Å²) in [5.41, 5.74) is 2.68. The normalized spacial score (nSPS) is 18.7. The van der Waals surface area contributed by atoms with Crippen molar-refractivity contribution in [2.24, 2.45) is 0 Å². The van der Waals surface area contributed by atoms with Crippen molar-refractivity contribution < 1.29 is 9.47 Å². The predicted molar refractivity (Wildman–Crippen MR) is 84.4 cm³/mol. The first-order valence-corrected chi connectivity index (χ1v) is 8.21. The fourth-order valence-electron chi connectivity index (χ4n) is 2.77. The van der Waals surface area contributed by atoms with Gasteiger partial charge in [0.05, 0.1) is 12.2 Å². The van der Waals surface area contributed by atoms with E-state index in [0.717, 1.165) is 52.0 Å². The van der Waals surface area contributed by atoms with Crippen molar-refractivity contribution in [1.29, 1.82) is 0 Å². The number of ether oxygens (including phenoxy) is 2. The Hall–Kier alpha value is -0.970. The highest BCUT2D eigenvalue weighted by atomic mass is 16.5. The van der Waals surface area contributed by atoms with Gasteiger partial charge in [0.1, 0.15) is 0 Å². The summed E-state index contributed by atoms with van der Waals surface area (Å²) in [5.74, 6) is 0. The van der Waals surface area contributed by atoms with Crippen LogP contribution in [0.5, 0.6) is 0 Å². The van der Waals surface area contributed by atoms with Crippen molar-refractivity contribution in [3.05, 3.63) is 29.6 Å². The Morgan fingerprint density at radius 2 is 2.33 bits per heavy atom. The van der Waals surface area contributed by atoms with Crippen LogP contribution in [0.1, 0.15) is 50.3 Å². The van der Waals surface area contributed by atoms with Crippen molar-refractivity contribution in [2.75, 3.05) is 26.3 Å². The van der Waals surface area contributed by atoms with Gasteiger partial charge in [-0.15, -0.1) is 0 Å². The summed E-state index contributed by atoms with van der Waals surface area (Å²) in [5, 5.41) is 3.48. The third-order valence-corrected chi connectivity index (χ3v) is 3.99. The van der Waals surface area contributed by atoms with Gasteiger partial charge in [-0.25, -0.2) is 0 Å². The lowest BCUT2D eigenvalue weighted by Gasteiger charge is -2.22. The van der Waals surface area contributed by atoms with Crippen LogP contribution in [0.4, 0.5) is 0 Å². The van der Waals surface area contributed by atoms with Gasteiger partial charge < -0.3 is 14.8 Å². The minimum absolute atomic E-state index is 0.248. The lowest BCUT2D eigenvalue weighted by Crippen LogP contribution is -2.30.